The predicted octanol–water partition coefficient (Wildman–Crippen LogP) is 14.4. The van der Waals surface area contributed by atoms with Gasteiger partial charge in [0, 0.05) is 31.3 Å². The van der Waals surface area contributed by atoms with Crippen molar-refractivity contribution in [3.8, 4) is 45.6 Å². The van der Waals surface area contributed by atoms with Crippen molar-refractivity contribution in [3.05, 3.63) is 223 Å². The van der Waals surface area contributed by atoms with E-state index in [9.17, 15) is 0 Å². The molecule has 0 unspecified atom stereocenters. The van der Waals surface area contributed by atoms with Crippen LogP contribution < -0.4 is 14.2 Å². The van der Waals surface area contributed by atoms with Gasteiger partial charge in [-0.2, -0.15) is 0 Å². The van der Waals surface area contributed by atoms with Gasteiger partial charge in [-0.1, -0.05) is 133 Å². The first-order valence-electron chi connectivity index (χ1n) is 18.0. The second-order valence-corrected chi connectivity index (χ2v) is 15.7. The molecular weight excluding hydrogens is 736 g/mol. The fourth-order valence-electron chi connectivity index (χ4n) is 6.33. The fraction of sp³-hybridized carbons (Fsp3) is 0. The molecule has 274 valence electrons. The van der Waals surface area contributed by atoms with Gasteiger partial charge in [0.25, 0.3) is 0 Å². The average Bonchev–Trinajstić information content (AvgIpc) is 3.26. The third kappa shape index (κ3) is 7.75. The largest absolute Gasteiger partial charge is 0.453 e. The summed E-state index contributed by atoms with van der Waals surface area (Å²) in [5.41, 5.74) is 1.39. The molecule has 8 aromatic rings. The first-order valence-corrected chi connectivity index (χ1v) is 19.9. The highest BCUT2D eigenvalue weighted by molar-refractivity contribution is 8.30. The fourth-order valence-corrected chi connectivity index (χ4v) is 9.48. The molecule has 0 N–H and O–H groups in total. The zero-order valence-electron chi connectivity index (χ0n) is 30.0. The average molecular weight is 771 g/mol. The Bertz CT molecular complexity index is 2480. The van der Waals surface area contributed by atoms with Crippen molar-refractivity contribution >= 4 is 27.9 Å². The first-order chi connectivity index (χ1) is 27.6. The zero-order valence-corrected chi connectivity index (χ0v) is 31.6. The molecule has 0 spiro atoms. The molecular formula is C49H35ClO5S. The van der Waals surface area contributed by atoms with E-state index in [0.29, 0.717) is 33.4 Å². The molecule has 0 aliphatic rings. The van der Waals surface area contributed by atoms with Crippen molar-refractivity contribution in [2.24, 2.45) is 0 Å². The zero-order chi connectivity index (χ0) is 38.2. The minimum Gasteiger partial charge on any atom is -0.453 e. The summed E-state index contributed by atoms with van der Waals surface area (Å²) in [4.78, 5) is 18.0. The van der Waals surface area contributed by atoms with Crippen LogP contribution >= 0.6 is 21.9 Å². The highest BCUT2D eigenvalue weighted by Crippen LogP contribution is 2.69. The van der Waals surface area contributed by atoms with Gasteiger partial charge in [0.1, 0.15) is 17.2 Å². The van der Waals surface area contributed by atoms with Crippen molar-refractivity contribution in [1.82, 2.24) is 0 Å². The van der Waals surface area contributed by atoms with Crippen LogP contribution in [0.15, 0.2) is 227 Å². The maximum atomic E-state index is 15.5. The van der Waals surface area contributed by atoms with Crippen molar-refractivity contribution in [1.29, 1.82) is 0 Å². The standard InChI is InChI=1S/C49H35ClO5S/c50-37-31-33-43(34-32-37)56(41-27-15-5-16-28-41,42-29-17-6-18-30-42)55-49(51)44-35-45(52-38-21-9-2-10-22-38)47(53-39-23-11-3-12-24-39)48(54-40-25-13-4-14-26-40)46(44)36-19-7-1-8-20-36/h1-35H. The van der Waals surface area contributed by atoms with E-state index in [0.717, 1.165) is 14.7 Å². The molecule has 56 heavy (non-hydrogen) atoms. The van der Waals surface area contributed by atoms with E-state index >= 15 is 4.79 Å². The normalized spacial score (nSPS) is 11.3. The Hall–Kier alpha value is -6.73. The van der Waals surface area contributed by atoms with Crippen LogP contribution in [0.3, 0.4) is 0 Å². The highest BCUT2D eigenvalue weighted by Gasteiger charge is 2.38. The molecule has 0 atom stereocenters. The van der Waals surface area contributed by atoms with Crippen molar-refractivity contribution in [3.63, 3.8) is 0 Å². The summed E-state index contributed by atoms with van der Waals surface area (Å²) in [6, 6.07) is 66.6. The number of rotatable bonds is 12. The molecule has 5 nitrogen and oxygen atoms in total. The second-order valence-electron chi connectivity index (χ2n) is 12.6. The number of carbonyl (C=O) groups excluding carboxylic acids is 1. The molecule has 0 saturated carbocycles. The molecule has 0 amide bonds. The second kappa shape index (κ2) is 16.7. The van der Waals surface area contributed by atoms with E-state index in [4.69, 9.17) is 30.0 Å². The van der Waals surface area contributed by atoms with Gasteiger partial charge in [-0.15, -0.1) is 0 Å². The Morgan fingerprint density at radius 3 is 1.30 bits per heavy atom. The van der Waals surface area contributed by atoms with Gasteiger partial charge < -0.3 is 18.4 Å². The van der Waals surface area contributed by atoms with Gasteiger partial charge in [-0.25, -0.2) is 4.79 Å². The lowest BCUT2D eigenvalue weighted by atomic mass is 9.97. The number of carbonyl (C=O) groups is 1. The van der Waals surface area contributed by atoms with E-state index in [1.165, 1.54) is 0 Å². The summed E-state index contributed by atoms with van der Waals surface area (Å²) >= 11 is 6.45. The van der Waals surface area contributed by atoms with E-state index in [1.54, 1.807) is 6.07 Å². The summed E-state index contributed by atoms with van der Waals surface area (Å²) < 4.78 is 27.2. The Morgan fingerprint density at radius 1 is 0.429 bits per heavy atom. The lowest BCUT2D eigenvalue weighted by Gasteiger charge is -2.40. The number of para-hydroxylation sites is 3. The summed E-state index contributed by atoms with van der Waals surface area (Å²) in [6.07, 6.45) is 0. The van der Waals surface area contributed by atoms with Gasteiger partial charge >= 0.3 is 5.97 Å². The molecule has 8 rings (SSSR count). The van der Waals surface area contributed by atoms with E-state index in [-0.39, 0.29) is 22.8 Å². The first kappa shape index (κ1) is 36.3. The molecule has 0 bridgehead atoms. The third-order valence-corrected chi connectivity index (χ3v) is 12.3. The van der Waals surface area contributed by atoms with Crippen LogP contribution in [0.4, 0.5) is 0 Å². The van der Waals surface area contributed by atoms with Crippen molar-refractivity contribution in [2.75, 3.05) is 0 Å². The predicted molar refractivity (Wildman–Crippen MR) is 224 cm³/mol. The van der Waals surface area contributed by atoms with Crippen LogP contribution in [0, 0.1) is 0 Å². The number of hydrogen-bond donors (Lipinski definition) is 0. The molecule has 0 aliphatic carbocycles. The van der Waals surface area contributed by atoms with Crippen LogP contribution in [0.25, 0.3) is 11.1 Å². The van der Waals surface area contributed by atoms with Crippen LogP contribution in [0.1, 0.15) is 10.4 Å². The molecule has 7 heteroatoms. The molecule has 0 fully saturated rings. The summed E-state index contributed by atoms with van der Waals surface area (Å²) in [5, 5.41) is 0.570. The topological polar surface area (TPSA) is 54.0 Å². The number of hydrogen-bond acceptors (Lipinski definition) is 5. The summed E-state index contributed by atoms with van der Waals surface area (Å²) in [7, 11) is -2.72. The van der Waals surface area contributed by atoms with Crippen molar-refractivity contribution in [2.45, 2.75) is 14.7 Å². The molecule has 0 heterocycles. The smallest absolute Gasteiger partial charge is 0.350 e. The van der Waals surface area contributed by atoms with Crippen molar-refractivity contribution < 1.29 is 23.2 Å². The molecule has 0 radical (unpaired) electrons. The van der Waals surface area contributed by atoms with Gasteiger partial charge in [0.2, 0.25) is 5.75 Å². The lowest BCUT2D eigenvalue weighted by molar-refractivity contribution is 0.0757. The SMILES string of the molecule is O=C(OS(c1ccccc1)(c1ccccc1)c1ccc(Cl)cc1)c1cc(Oc2ccccc2)c(Oc2ccccc2)c(Oc2ccccc2)c1-c1ccccc1. The summed E-state index contributed by atoms with van der Waals surface area (Å²) in [6.45, 7) is 0. The van der Waals surface area contributed by atoms with Crippen LogP contribution in [-0.2, 0) is 4.18 Å². The number of ether oxygens (including phenoxy) is 3. The maximum absolute atomic E-state index is 15.5. The van der Waals surface area contributed by atoms with Gasteiger partial charge in [-0.05, 0) is 101 Å². The quantitative estimate of drug-likeness (QED) is 0.124. The van der Waals surface area contributed by atoms with Gasteiger partial charge in [0.05, 0.1) is 5.56 Å². The van der Waals surface area contributed by atoms with Gasteiger partial charge in [-0.3, -0.25) is 0 Å². The Kier molecular flexibility index (Phi) is 10.8. The van der Waals surface area contributed by atoms with E-state index in [2.05, 4.69) is 0 Å². The Balaban J connectivity index is 1.41. The number of benzene rings is 8. The van der Waals surface area contributed by atoms with E-state index in [1.807, 2.05) is 206 Å². The highest BCUT2D eigenvalue weighted by atomic mass is 35.5. The maximum Gasteiger partial charge on any atom is 0.350 e. The van der Waals surface area contributed by atoms with Crippen LogP contribution in [-0.4, -0.2) is 5.97 Å². The van der Waals surface area contributed by atoms with Crippen LogP contribution in [0.2, 0.25) is 5.02 Å². The lowest BCUT2D eigenvalue weighted by Crippen LogP contribution is -2.15. The molecule has 0 aromatic heterocycles. The minimum atomic E-state index is -2.72. The number of halogens is 1. The summed E-state index contributed by atoms with van der Waals surface area (Å²) in [5.74, 6) is 1.84. The van der Waals surface area contributed by atoms with Crippen LogP contribution in [0.5, 0.6) is 34.5 Å². The molecule has 0 saturated heterocycles. The monoisotopic (exact) mass is 770 g/mol. The van der Waals surface area contributed by atoms with E-state index < -0.39 is 16.3 Å². The molecule has 8 aromatic carbocycles. The Morgan fingerprint density at radius 2 is 0.821 bits per heavy atom. The Labute approximate surface area is 332 Å². The third-order valence-electron chi connectivity index (χ3n) is 8.88. The minimum absolute atomic E-state index is 0.214. The molecule has 0 aliphatic heterocycles. The van der Waals surface area contributed by atoms with Gasteiger partial charge in [0.15, 0.2) is 11.5 Å².